The maximum atomic E-state index is 13.5. The van der Waals surface area contributed by atoms with Crippen molar-refractivity contribution >= 4 is 27.7 Å². The number of likely N-dealkylation sites (N-methyl/N-ethyl adjacent to an activating group) is 1. The van der Waals surface area contributed by atoms with Crippen LogP contribution in [0.4, 0.5) is 0 Å². The quantitative estimate of drug-likeness (QED) is 0.669. The van der Waals surface area contributed by atoms with Crippen molar-refractivity contribution in [1.29, 1.82) is 0 Å². The summed E-state index contributed by atoms with van der Waals surface area (Å²) in [4.78, 5) is 37.3. The molecule has 0 aromatic heterocycles. The Morgan fingerprint density at radius 1 is 1.06 bits per heavy atom. The molecular formula is C24H35N5O4S. The van der Waals surface area contributed by atoms with Gasteiger partial charge in [-0.3, -0.25) is 19.3 Å². The van der Waals surface area contributed by atoms with E-state index in [9.17, 15) is 18.0 Å². The van der Waals surface area contributed by atoms with Crippen molar-refractivity contribution in [3.05, 3.63) is 29.8 Å². The zero-order valence-electron chi connectivity index (χ0n) is 20.2. The maximum Gasteiger partial charge on any atom is 0.263 e. The number of carbonyl (C=O) groups is 2. The zero-order chi connectivity index (χ0) is 24.5. The Morgan fingerprint density at radius 3 is 2.35 bits per heavy atom. The number of aliphatic imine (C=N–C) groups is 1. The summed E-state index contributed by atoms with van der Waals surface area (Å²) in [5, 5.41) is 0. The van der Waals surface area contributed by atoms with Crippen molar-refractivity contribution in [1.82, 2.24) is 19.4 Å². The first kappa shape index (κ1) is 24.7. The van der Waals surface area contributed by atoms with Gasteiger partial charge in [0.25, 0.3) is 10.0 Å². The van der Waals surface area contributed by atoms with Crippen LogP contribution in [0.2, 0.25) is 0 Å². The minimum atomic E-state index is -3.67. The molecule has 10 heteroatoms. The molecule has 3 aliphatic heterocycles. The van der Waals surface area contributed by atoms with E-state index in [1.807, 2.05) is 18.7 Å². The largest absolute Gasteiger partial charge is 0.341 e. The van der Waals surface area contributed by atoms with Gasteiger partial charge in [0, 0.05) is 50.7 Å². The highest BCUT2D eigenvalue weighted by molar-refractivity contribution is 7.90. The van der Waals surface area contributed by atoms with E-state index in [1.54, 1.807) is 29.2 Å². The highest BCUT2D eigenvalue weighted by Gasteiger charge is 2.37. The molecule has 34 heavy (non-hydrogen) atoms. The highest BCUT2D eigenvalue weighted by atomic mass is 32.2. The number of fused-ring (bicyclic) bond motifs is 1. The number of amidine groups is 1. The van der Waals surface area contributed by atoms with Gasteiger partial charge in [0.05, 0.1) is 4.90 Å². The second-order valence-corrected chi connectivity index (χ2v) is 11.3. The predicted octanol–water partition coefficient (Wildman–Crippen LogP) is 1.15. The lowest BCUT2D eigenvalue weighted by molar-refractivity contribution is -0.142. The van der Waals surface area contributed by atoms with E-state index in [0.29, 0.717) is 31.5 Å². The van der Waals surface area contributed by atoms with Gasteiger partial charge in [-0.2, -0.15) is 0 Å². The number of benzene rings is 1. The van der Waals surface area contributed by atoms with E-state index in [1.165, 1.54) is 0 Å². The van der Waals surface area contributed by atoms with E-state index in [0.717, 1.165) is 32.6 Å². The lowest BCUT2D eigenvalue weighted by Crippen LogP contribution is -2.52. The normalized spacial score (nSPS) is 23.9. The Morgan fingerprint density at radius 2 is 1.71 bits per heavy atom. The number of piperazine rings is 1. The topological polar surface area (TPSA) is 102 Å². The lowest BCUT2D eigenvalue weighted by atomic mass is 9.92. The van der Waals surface area contributed by atoms with E-state index >= 15 is 0 Å². The summed E-state index contributed by atoms with van der Waals surface area (Å²) in [5.74, 6) is 0.234. The van der Waals surface area contributed by atoms with Gasteiger partial charge >= 0.3 is 0 Å². The van der Waals surface area contributed by atoms with E-state index < -0.39 is 16.1 Å². The standard InChI is InChI=1S/C24H35N5O4S/c1-4-17(2)21(25-22-19-7-5-6-8-20(19)34(32,33)26-22)24(31)28-11-9-18(10-12-28)23(30)29-15-13-27(3)14-16-29/h5-8,17-18,21H,4,9-16H2,1-3H3,(H,25,26)/t17-,21-/m0/s1. The first-order chi connectivity index (χ1) is 16.2. The summed E-state index contributed by atoms with van der Waals surface area (Å²) in [6, 6.07) is 6.01. The molecule has 0 radical (unpaired) electrons. The summed E-state index contributed by atoms with van der Waals surface area (Å²) in [6.07, 6.45) is 2.03. The van der Waals surface area contributed by atoms with Crippen molar-refractivity contribution in [3.63, 3.8) is 0 Å². The number of nitrogens with one attached hydrogen (secondary N) is 1. The number of amides is 2. The van der Waals surface area contributed by atoms with Crippen LogP contribution in [0.15, 0.2) is 34.2 Å². The molecule has 3 heterocycles. The van der Waals surface area contributed by atoms with E-state index in [-0.39, 0.29) is 34.4 Å². The molecule has 2 atom stereocenters. The van der Waals surface area contributed by atoms with Gasteiger partial charge in [0.15, 0.2) is 0 Å². The number of piperidine rings is 1. The molecular weight excluding hydrogens is 454 g/mol. The molecule has 2 amide bonds. The molecule has 1 aromatic rings. The molecule has 0 bridgehead atoms. The van der Waals surface area contributed by atoms with Gasteiger partial charge in [0.1, 0.15) is 11.9 Å². The Hall–Kier alpha value is -2.46. The van der Waals surface area contributed by atoms with Crippen LogP contribution in [0.3, 0.4) is 0 Å². The van der Waals surface area contributed by atoms with Gasteiger partial charge in [-0.15, -0.1) is 0 Å². The van der Waals surface area contributed by atoms with Crippen molar-refractivity contribution in [3.8, 4) is 0 Å². The molecule has 2 fully saturated rings. The minimum Gasteiger partial charge on any atom is -0.341 e. The number of carbonyl (C=O) groups excluding carboxylic acids is 2. The van der Waals surface area contributed by atoms with Crippen LogP contribution >= 0.6 is 0 Å². The van der Waals surface area contributed by atoms with Gasteiger partial charge < -0.3 is 14.7 Å². The molecule has 1 aromatic carbocycles. The van der Waals surface area contributed by atoms with Gasteiger partial charge in [-0.25, -0.2) is 8.42 Å². The minimum absolute atomic E-state index is 0.0469. The first-order valence-electron chi connectivity index (χ1n) is 12.2. The fourth-order valence-corrected chi connectivity index (χ4v) is 6.08. The summed E-state index contributed by atoms with van der Waals surface area (Å²) in [5.41, 5.74) is 0.500. The van der Waals surface area contributed by atoms with Crippen LogP contribution in [0.1, 0.15) is 38.7 Å². The number of hydrogen-bond acceptors (Lipinski definition) is 6. The van der Waals surface area contributed by atoms with Crippen molar-refractivity contribution in [2.75, 3.05) is 46.3 Å². The van der Waals surface area contributed by atoms with Crippen LogP contribution in [0.25, 0.3) is 0 Å². The summed E-state index contributed by atoms with van der Waals surface area (Å²) in [7, 11) is -1.60. The van der Waals surface area contributed by atoms with Crippen LogP contribution in [0, 0.1) is 11.8 Å². The SMILES string of the molecule is CC[C@H](C)[C@H](N=C1NS(=O)(=O)c2ccccc21)C(=O)N1CCC(C(=O)N2CCN(C)CC2)CC1. The van der Waals surface area contributed by atoms with E-state index in [4.69, 9.17) is 0 Å². The van der Waals surface area contributed by atoms with Gasteiger partial charge in [-0.1, -0.05) is 32.4 Å². The Balaban J connectivity index is 1.45. The van der Waals surface area contributed by atoms with E-state index in [2.05, 4.69) is 21.7 Å². The number of rotatable bonds is 5. The maximum absolute atomic E-state index is 13.5. The Labute approximate surface area is 202 Å². The summed E-state index contributed by atoms with van der Waals surface area (Å²) in [6.45, 7) is 8.31. The molecule has 3 aliphatic rings. The molecule has 0 aliphatic carbocycles. The second-order valence-electron chi connectivity index (χ2n) is 9.64. The molecule has 0 saturated carbocycles. The lowest BCUT2D eigenvalue weighted by Gasteiger charge is -2.38. The Bertz CT molecular complexity index is 1060. The molecule has 1 N–H and O–H groups in total. The third-order valence-corrected chi connectivity index (χ3v) is 8.73. The Kier molecular flexibility index (Phi) is 7.28. The average molecular weight is 490 g/mol. The highest BCUT2D eigenvalue weighted by Crippen LogP contribution is 2.26. The van der Waals surface area contributed by atoms with Crippen LogP contribution in [-0.2, 0) is 19.6 Å². The fraction of sp³-hybridized carbons (Fsp3) is 0.625. The number of hydrogen-bond donors (Lipinski definition) is 1. The summed E-state index contributed by atoms with van der Waals surface area (Å²) < 4.78 is 27.5. The van der Waals surface area contributed by atoms with Crippen molar-refractivity contribution in [2.24, 2.45) is 16.8 Å². The summed E-state index contributed by atoms with van der Waals surface area (Å²) >= 11 is 0. The smallest absolute Gasteiger partial charge is 0.263 e. The van der Waals surface area contributed by atoms with Crippen molar-refractivity contribution in [2.45, 2.75) is 44.0 Å². The number of sulfonamides is 1. The van der Waals surface area contributed by atoms with Gasteiger partial charge in [-0.05, 0) is 37.9 Å². The molecule has 0 spiro atoms. The number of likely N-dealkylation sites (tertiary alicyclic amines) is 1. The monoisotopic (exact) mass is 489 g/mol. The first-order valence-corrected chi connectivity index (χ1v) is 13.7. The predicted molar refractivity (Wildman–Crippen MR) is 130 cm³/mol. The fourth-order valence-electron chi connectivity index (χ4n) is 4.84. The van der Waals surface area contributed by atoms with Gasteiger partial charge in [0.2, 0.25) is 11.8 Å². The molecule has 9 nitrogen and oxygen atoms in total. The zero-order valence-corrected chi connectivity index (χ0v) is 21.1. The van der Waals surface area contributed by atoms with Crippen molar-refractivity contribution < 1.29 is 18.0 Å². The molecule has 186 valence electrons. The van der Waals surface area contributed by atoms with Crippen LogP contribution in [-0.4, -0.2) is 93.1 Å². The van der Waals surface area contributed by atoms with Crippen LogP contribution in [0.5, 0.6) is 0 Å². The molecule has 4 rings (SSSR count). The molecule has 2 saturated heterocycles. The third-order valence-electron chi connectivity index (χ3n) is 7.34. The molecule has 0 unspecified atom stereocenters. The van der Waals surface area contributed by atoms with Crippen LogP contribution < -0.4 is 4.72 Å². The average Bonchev–Trinajstić information content (AvgIpc) is 3.11. The second kappa shape index (κ2) is 10.0. The third kappa shape index (κ3) is 4.98. The number of nitrogens with zero attached hydrogens (tertiary/aromatic N) is 4.